The van der Waals surface area contributed by atoms with Gasteiger partial charge >= 0.3 is 0 Å². The second-order valence-electron chi connectivity index (χ2n) is 5.33. The lowest BCUT2D eigenvalue weighted by atomic mass is 10.0. The first-order chi connectivity index (χ1) is 9.43. The third-order valence-electron chi connectivity index (χ3n) is 3.73. The van der Waals surface area contributed by atoms with Crippen molar-refractivity contribution in [2.45, 2.75) is 40.2 Å². The van der Waals surface area contributed by atoms with E-state index in [-0.39, 0.29) is 12.0 Å². The Balaban J connectivity index is 2.34. The maximum Gasteiger partial charge on any atom is 0.244 e. The van der Waals surface area contributed by atoms with Crippen LogP contribution in [0.15, 0.2) is 16.7 Å². The van der Waals surface area contributed by atoms with Gasteiger partial charge in [-0.25, -0.2) is 0 Å². The number of aromatic hydroxyl groups is 1. The van der Waals surface area contributed by atoms with Crippen LogP contribution < -0.4 is 5.73 Å². The van der Waals surface area contributed by atoms with Crippen LogP contribution >= 0.6 is 0 Å². The number of nitrogens with zero attached hydrogens (tertiary/aromatic N) is 2. The summed E-state index contributed by atoms with van der Waals surface area (Å²) in [7, 11) is 0. The maximum absolute atomic E-state index is 9.79. The van der Waals surface area contributed by atoms with Crippen molar-refractivity contribution in [2.75, 3.05) is 0 Å². The Labute approximate surface area is 118 Å². The van der Waals surface area contributed by atoms with Crippen molar-refractivity contribution in [1.82, 2.24) is 10.1 Å². The van der Waals surface area contributed by atoms with Gasteiger partial charge in [0.2, 0.25) is 11.7 Å². The van der Waals surface area contributed by atoms with E-state index >= 15 is 0 Å². The van der Waals surface area contributed by atoms with Gasteiger partial charge in [-0.05, 0) is 43.0 Å². The Morgan fingerprint density at radius 2 is 1.90 bits per heavy atom. The van der Waals surface area contributed by atoms with E-state index in [0.29, 0.717) is 17.5 Å². The summed E-state index contributed by atoms with van der Waals surface area (Å²) < 4.78 is 5.27. The first-order valence-corrected chi connectivity index (χ1v) is 6.83. The van der Waals surface area contributed by atoms with Crippen molar-refractivity contribution in [3.63, 3.8) is 0 Å². The minimum atomic E-state index is -0.249. The Morgan fingerprint density at radius 1 is 1.30 bits per heavy atom. The molecule has 0 saturated carbocycles. The van der Waals surface area contributed by atoms with E-state index in [1.807, 2.05) is 26.0 Å². The summed E-state index contributed by atoms with van der Waals surface area (Å²) in [5.74, 6) is 1.54. The molecule has 0 aliphatic carbocycles. The van der Waals surface area contributed by atoms with Crippen molar-refractivity contribution in [3.8, 4) is 17.1 Å². The van der Waals surface area contributed by atoms with Crippen LogP contribution in [0.2, 0.25) is 0 Å². The third kappa shape index (κ3) is 2.67. The Kier molecular flexibility index (Phi) is 4.09. The van der Waals surface area contributed by atoms with Crippen molar-refractivity contribution >= 4 is 0 Å². The standard InChI is InChI=1S/C15H21N3O2/c1-5-8(2)12(16)15-17-14(18-20-15)11-6-9(3)13(19)10(4)7-11/h6-8,12,19H,5,16H2,1-4H3/t8-,12-/m0/s1. The highest BCUT2D eigenvalue weighted by Crippen LogP contribution is 2.29. The minimum absolute atomic E-state index is 0.249. The van der Waals surface area contributed by atoms with Gasteiger partial charge in [-0.3, -0.25) is 0 Å². The molecule has 5 nitrogen and oxygen atoms in total. The number of nitrogens with two attached hydrogens (primary N) is 1. The van der Waals surface area contributed by atoms with Gasteiger partial charge in [0, 0.05) is 5.56 Å². The van der Waals surface area contributed by atoms with Gasteiger partial charge < -0.3 is 15.4 Å². The van der Waals surface area contributed by atoms with E-state index in [4.69, 9.17) is 10.3 Å². The average molecular weight is 275 g/mol. The number of rotatable bonds is 4. The lowest BCUT2D eigenvalue weighted by Crippen LogP contribution is -2.18. The summed E-state index contributed by atoms with van der Waals surface area (Å²) in [5, 5.41) is 13.8. The molecule has 5 heteroatoms. The van der Waals surface area contributed by atoms with E-state index in [0.717, 1.165) is 23.1 Å². The molecule has 0 saturated heterocycles. The normalized spacial score (nSPS) is 14.2. The molecule has 0 spiro atoms. The summed E-state index contributed by atoms with van der Waals surface area (Å²) in [6.45, 7) is 7.83. The van der Waals surface area contributed by atoms with Gasteiger partial charge in [0.05, 0.1) is 6.04 Å². The van der Waals surface area contributed by atoms with Crippen LogP contribution in [0.3, 0.4) is 0 Å². The van der Waals surface area contributed by atoms with Gasteiger partial charge in [-0.15, -0.1) is 0 Å². The molecule has 108 valence electrons. The zero-order chi connectivity index (χ0) is 14.9. The molecule has 0 fully saturated rings. The fourth-order valence-electron chi connectivity index (χ4n) is 2.07. The number of phenolic OH excluding ortho intramolecular Hbond substituents is 1. The van der Waals surface area contributed by atoms with Crippen LogP contribution in [-0.4, -0.2) is 15.2 Å². The molecule has 1 aromatic heterocycles. The maximum atomic E-state index is 9.79. The fourth-order valence-corrected chi connectivity index (χ4v) is 2.07. The number of hydrogen-bond acceptors (Lipinski definition) is 5. The minimum Gasteiger partial charge on any atom is -0.507 e. The average Bonchev–Trinajstić information content (AvgIpc) is 2.92. The highest BCUT2D eigenvalue weighted by molar-refractivity contribution is 5.60. The molecule has 0 amide bonds. The predicted octanol–water partition coefficient (Wildman–Crippen LogP) is 3.10. The first kappa shape index (κ1) is 14.5. The van der Waals surface area contributed by atoms with Crippen LogP contribution in [0, 0.1) is 19.8 Å². The highest BCUT2D eigenvalue weighted by Gasteiger charge is 2.20. The monoisotopic (exact) mass is 275 g/mol. The van der Waals surface area contributed by atoms with Gasteiger partial charge in [0.25, 0.3) is 0 Å². The summed E-state index contributed by atoms with van der Waals surface area (Å²) in [4.78, 5) is 4.38. The molecule has 0 aliphatic rings. The summed E-state index contributed by atoms with van der Waals surface area (Å²) in [6.07, 6.45) is 0.955. The number of aromatic nitrogens is 2. The molecule has 2 rings (SSSR count). The van der Waals surface area contributed by atoms with Crippen molar-refractivity contribution in [2.24, 2.45) is 11.7 Å². The van der Waals surface area contributed by atoms with Gasteiger partial charge in [0.1, 0.15) is 5.75 Å². The summed E-state index contributed by atoms with van der Waals surface area (Å²) in [6, 6.07) is 3.43. The van der Waals surface area contributed by atoms with Crippen LogP contribution in [0.5, 0.6) is 5.75 Å². The molecule has 0 unspecified atom stereocenters. The molecule has 20 heavy (non-hydrogen) atoms. The lowest BCUT2D eigenvalue weighted by molar-refractivity contribution is 0.312. The number of phenols is 1. The predicted molar refractivity (Wildman–Crippen MR) is 77.3 cm³/mol. The second-order valence-corrected chi connectivity index (χ2v) is 5.33. The molecular weight excluding hydrogens is 254 g/mol. The van der Waals surface area contributed by atoms with E-state index in [2.05, 4.69) is 24.0 Å². The SMILES string of the molecule is CC[C@H](C)[C@H](N)c1nc(-c2cc(C)c(O)c(C)c2)no1. The lowest BCUT2D eigenvalue weighted by Gasteiger charge is -2.13. The van der Waals surface area contributed by atoms with E-state index in [1.54, 1.807) is 0 Å². The largest absolute Gasteiger partial charge is 0.507 e. The highest BCUT2D eigenvalue weighted by atomic mass is 16.5. The van der Waals surface area contributed by atoms with Crippen LogP contribution in [0.1, 0.15) is 43.3 Å². The van der Waals surface area contributed by atoms with Crippen LogP contribution in [0.4, 0.5) is 0 Å². The van der Waals surface area contributed by atoms with Crippen LogP contribution in [-0.2, 0) is 0 Å². The Bertz CT molecular complexity index is 584. The molecule has 2 atom stereocenters. The third-order valence-corrected chi connectivity index (χ3v) is 3.73. The van der Waals surface area contributed by atoms with E-state index < -0.39 is 0 Å². The van der Waals surface area contributed by atoms with E-state index in [9.17, 15) is 5.11 Å². The smallest absolute Gasteiger partial charge is 0.244 e. The molecule has 0 aliphatic heterocycles. The second kappa shape index (κ2) is 5.63. The zero-order valence-corrected chi connectivity index (χ0v) is 12.3. The molecule has 1 heterocycles. The number of hydrogen-bond donors (Lipinski definition) is 2. The zero-order valence-electron chi connectivity index (χ0n) is 12.3. The quantitative estimate of drug-likeness (QED) is 0.895. The summed E-state index contributed by atoms with van der Waals surface area (Å²) in [5.41, 5.74) is 8.49. The number of aryl methyl sites for hydroxylation is 2. The molecule has 2 aromatic rings. The molecule has 0 bridgehead atoms. The van der Waals surface area contributed by atoms with E-state index in [1.165, 1.54) is 0 Å². The van der Waals surface area contributed by atoms with Crippen molar-refractivity contribution in [3.05, 3.63) is 29.2 Å². The van der Waals surface area contributed by atoms with Gasteiger partial charge in [0.15, 0.2) is 0 Å². The van der Waals surface area contributed by atoms with Crippen molar-refractivity contribution in [1.29, 1.82) is 0 Å². The Morgan fingerprint density at radius 3 is 2.45 bits per heavy atom. The molecule has 0 radical (unpaired) electrons. The number of benzene rings is 1. The van der Waals surface area contributed by atoms with Crippen molar-refractivity contribution < 1.29 is 9.63 Å². The molecular formula is C15H21N3O2. The Hall–Kier alpha value is -1.88. The molecule has 3 N–H and O–H groups in total. The molecule has 1 aromatic carbocycles. The summed E-state index contributed by atoms with van der Waals surface area (Å²) >= 11 is 0. The van der Waals surface area contributed by atoms with Gasteiger partial charge in [-0.1, -0.05) is 25.4 Å². The topological polar surface area (TPSA) is 85.2 Å². The van der Waals surface area contributed by atoms with Crippen LogP contribution in [0.25, 0.3) is 11.4 Å². The fraction of sp³-hybridized carbons (Fsp3) is 0.467. The van der Waals surface area contributed by atoms with Gasteiger partial charge in [-0.2, -0.15) is 4.98 Å². The first-order valence-electron chi connectivity index (χ1n) is 6.83.